The van der Waals surface area contributed by atoms with Crippen LogP contribution in [0.2, 0.25) is 0 Å². The molecule has 1 aromatic carbocycles. The Morgan fingerprint density at radius 2 is 1.67 bits per heavy atom. The van der Waals surface area contributed by atoms with E-state index in [1.807, 2.05) is 32.8 Å². The lowest BCUT2D eigenvalue weighted by molar-refractivity contribution is 0.0725. The molecule has 5 nitrogen and oxygen atoms in total. The number of hydrogen-bond acceptors (Lipinski definition) is 4. The van der Waals surface area contributed by atoms with Crippen LogP contribution in [0, 0.1) is 20.8 Å². The summed E-state index contributed by atoms with van der Waals surface area (Å²) in [5, 5.41) is 0. The Morgan fingerprint density at radius 1 is 1.00 bits per heavy atom. The van der Waals surface area contributed by atoms with Gasteiger partial charge in [-0.15, -0.1) is 0 Å². The van der Waals surface area contributed by atoms with Gasteiger partial charge in [-0.05, 0) is 46.5 Å². The lowest BCUT2D eigenvalue weighted by Gasteiger charge is -2.24. The Morgan fingerprint density at radius 3 is 2.25 bits per heavy atom. The smallest absolute Gasteiger partial charge is 0.272 e. The third-order valence-corrected chi connectivity index (χ3v) is 3.78. The van der Waals surface area contributed by atoms with Crippen LogP contribution in [0.15, 0.2) is 30.3 Å². The Labute approximate surface area is 144 Å². The first kappa shape index (κ1) is 18.1. The summed E-state index contributed by atoms with van der Waals surface area (Å²) in [6.07, 6.45) is 0. The van der Waals surface area contributed by atoms with Gasteiger partial charge in [0.25, 0.3) is 5.91 Å². The molecule has 0 saturated heterocycles. The maximum Gasteiger partial charge on any atom is 0.272 e. The summed E-state index contributed by atoms with van der Waals surface area (Å²) in [7, 11) is 4.01. The van der Waals surface area contributed by atoms with Crippen molar-refractivity contribution in [2.24, 2.45) is 0 Å². The van der Waals surface area contributed by atoms with Gasteiger partial charge in [-0.25, -0.2) is 9.97 Å². The number of nitrogens with zero attached hydrogens (tertiary/aromatic N) is 4. The van der Waals surface area contributed by atoms with Gasteiger partial charge in [-0.3, -0.25) is 4.79 Å². The summed E-state index contributed by atoms with van der Waals surface area (Å²) >= 11 is 0. The van der Waals surface area contributed by atoms with Crippen LogP contribution in [0.1, 0.15) is 33.1 Å². The number of amides is 1. The predicted octanol–water partition coefficient (Wildman–Crippen LogP) is 2.61. The number of carbonyl (C=O) groups excluding carboxylic acids is 1. The molecular weight excluding hydrogens is 300 g/mol. The summed E-state index contributed by atoms with van der Waals surface area (Å²) in [4.78, 5) is 25.5. The van der Waals surface area contributed by atoms with Gasteiger partial charge in [0.15, 0.2) is 0 Å². The van der Waals surface area contributed by atoms with Gasteiger partial charge < -0.3 is 9.80 Å². The normalized spacial score (nSPS) is 10.9. The first-order valence-corrected chi connectivity index (χ1v) is 8.17. The topological polar surface area (TPSA) is 49.3 Å². The standard InChI is InChI=1S/C19H26N4O/c1-14-6-8-17(9-7-14)13-23(11-10-22(4)5)19(24)18-12-15(2)20-16(3)21-18/h6-9,12H,10-11,13H2,1-5H3. The molecule has 0 N–H and O–H groups in total. The third-order valence-electron chi connectivity index (χ3n) is 3.78. The largest absolute Gasteiger partial charge is 0.332 e. The monoisotopic (exact) mass is 326 g/mol. The van der Waals surface area contributed by atoms with E-state index in [-0.39, 0.29) is 5.91 Å². The van der Waals surface area contributed by atoms with Crippen molar-refractivity contribution >= 4 is 5.91 Å². The fraction of sp³-hybridized carbons (Fsp3) is 0.421. The molecule has 0 aliphatic carbocycles. The molecule has 0 aliphatic rings. The van der Waals surface area contributed by atoms with E-state index in [0.717, 1.165) is 17.8 Å². The van der Waals surface area contributed by atoms with Crippen LogP contribution < -0.4 is 0 Å². The maximum absolute atomic E-state index is 13.0. The first-order chi connectivity index (χ1) is 11.3. The Kier molecular flexibility index (Phi) is 6.04. The van der Waals surface area contributed by atoms with E-state index in [9.17, 15) is 4.79 Å². The summed E-state index contributed by atoms with van der Waals surface area (Å²) in [5.74, 6) is 0.576. The molecule has 0 bridgehead atoms. The molecule has 0 atom stereocenters. The van der Waals surface area contributed by atoms with Crippen molar-refractivity contribution in [3.05, 3.63) is 58.7 Å². The zero-order valence-corrected chi connectivity index (χ0v) is 15.2. The average Bonchev–Trinajstić information content (AvgIpc) is 2.51. The van der Waals surface area contributed by atoms with Crippen LogP contribution in [0.3, 0.4) is 0 Å². The minimum Gasteiger partial charge on any atom is -0.332 e. The quantitative estimate of drug-likeness (QED) is 0.819. The van der Waals surface area contributed by atoms with E-state index in [2.05, 4.69) is 46.1 Å². The van der Waals surface area contributed by atoms with Gasteiger partial charge in [0.05, 0.1) is 0 Å². The maximum atomic E-state index is 13.0. The molecule has 0 spiro atoms. The van der Waals surface area contributed by atoms with Gasteiger partial charge in [-0.1, -0.05) is 29.8 Å². The molecule has 0 unspecified atom stereocenters. The van der Waals surface area contributed by atoms with E-state index in [4.69, 9.17) is 0 Å². The Balaban J connectivity index is 2.23. The van der Waals surface area contributed by atoms with Crippen molar-refractivity contribution in [2.75, 3.05) is 27.2 Å². The van der Waals surface area contributed by atoms with Gasteiger partial charge >= 0.3 is 0 Å². The summed E-state index contributed by atoms with van der Waals surface area (Å²) in [5.41, 5.74) is 3.61. The summed E-state index contributed by atoms with van der Waals surface area (Å²) < 4.78 is 0. The average molecular weight is 326 g/mol. The van der Waals surface area contributed by atoms with Crippen molar-refractivity contribution in [2.45, 2.75) is 27.3 Å². The molecule has 0 aliphatic heterocycles. The van der Waals surface area contributed by atoms with Crippen molar-refractivity contribution in [1.82, 2.24) is 19.8 Å². The molecule has 128 valence electrons. The van der Waals surface area contributed by atoms with E-state index >= 15 is 0 Å². The fourth-order valence-corrected chi connectivity index (χ4v) is 2.48. The van der Waals surface area contributed by atoms with Gasteiger partial charge in [0.1, 0.15) is 11.5 Å². The molecule has 0 fully saturated rings. The molecule has 24 heavy (non-hydrogen) atoms. The lowest BCUT2D eigenvalue weighted by Crippen LogP contribution is -2.36. The van der Waals surface area contributed by atoms with E-state index < -0.39 is 0 Å². The van der Waals surface area contributed by atoms with Gasteiger partial charge in [0.2, 0.25) is 0 Å². The highest BCUT2D eigenvalue weighted by Gasteiger charge is 2.18. The number of hydrogen-bond donors (Lipinski definition) is 0. The molecule has 2 rings (SSSR count). The summed E-state index contributed by atoms with van der Waals surface area (Å²) in [6, 6.07) is 10.0. The minimum atomic E-state index is -0.0500. The second kappa shape index (κ2) is 8.02. The second-order valence-electron chi connectivity index (χ2n) is 6.46. The van der Waals surface area contributed by atoms with Crippen LogP contribution in [-0.4, -0.2) is 52.9 Å². The Hall–Kier alpha value is -2.27. The number of likely N-dealkylation sites (N-methyl/N-ethyl adjacent to an activating group) is 1. The molecule has 1 amide bonds. The SMILES string of the molecule is Cc1ccc(CN(CCN(C)C)C(=O)c2cc(C)nc(C)n2)cc1. The number of carbonyl (C=O) groups is 1. The zero-order valence-electron chi connectivity index (χ0n) is 15.2. The molecule has 5 heteroatoms. The predicted molar refractivity (Wildman–Crippen MR) is 96.0 cm³/mol. The van der Waals surface area contributed by atoms with E-state index in [0.29, 0.717) is 24.6 Å². The second-order valence-corrected chi connectivity index (χ2v) is 6.46. The highest BCUT2D eigenvalue weighted by atomic mass is 16.2. The molecule has 0 saturated carbocycles. The lowest BCUT2D eigenvalue weighted by atomic mass is 10.1. The third kappa shape index (κ3) is 5.13. The minimum absolute atomic E-state index is 0.0500. The van der Waals surface area contributed by atoms with E-state index in [1.165, 1.54) is 5.56 Å². The van der Waals surface area contributed by atoms with Crippen LogP contribution >= 0.6 is 0 Å². The molecule has 1 heterocycles. The van der Waals surface area contributed by atoms with Crippen molar-refractivity contribution in [3.63, 3.8) is 0 Å². The molecule has 1 aromatic heterocycles. The van der Waals surface area contributed by atoms with Crippen LogP contribution in [0.25, 0.3) is 0 Å². The number of aryl methyl sites for hydroxylation is 3. The van der Waals surface area contributed by atoms with Crippen LogP contribution in [0.5, 0.6) is 0 Å². The van der Waals surface area contributed by atoms with Crippen molar-refractivity contribution in [3.8, 4) is 0 Å². The highest BCUT2D eigenvalue weighted by molar-refractivity contribution is 5.92. The summed E-state index contributed by atoms with van der Waals surface area (Å²) in [6.45, 7) is 7.80. The van der Waals surface area contributed by atoms with Gasteiger partial charge in [-0.2, -0.15) is 0 Å². The number of rotatable bonds is 6. The Bertz CT molecular complexity index is 675. The van der Waals surface area contributed by atoms with Crippen molar-refractivity contribution < 1.29 is 4.79 Å². The molecular formula is C19H26N4O. The van der Waals surface area contributed by atoms with Crippen LogP contribution in [0.4, 0.5) is 0 Å². The fourth-order valence-electron chi connectivity index (χ4n) is 2.48. The first-order valence-electron chi connectivity index (χ1n) is 8.17. The highest BCUT2D eigenvalue weighted by Crippen LogP contribution is 2.11. The molecule has 2 aromatic rings. The molecule has 0 radical (unpaired) electrons. The van der Waals surface area contributed by atoms with E-state index in [1.54, 1.807) is 6.07 Å². The van der Waals surface area contributed by atoms with Crippen LogP contribution in [-0.2, 0) is 6.54 Å². The van der Waals surface area contributed by atoms with Gasteiger partial charge in [0, 0.05) is 25.3 Å². The number of aromatic nitrogens is 2. The zero-order chi connectivity index (χ0) is 17.7. The number of benzene rings is 1. The van der Waals surface area contributed by atoms with Crippen molar-refractivity contribution in [1.29, 1.82) is 0 Å².